The Kier molecular flexibility index (Phi) is 4.80. The normalized spacial score (nSPS) is 12.1. The fourth-order valence-corrected chi connectivity index (χ4v) is 2.41. The van der Waals surface area contributed by atoms with Gasteiger partial charge in [0, 0.05) is 0 Å². The van der Waals surface area contributed by atoms with Gasteiger partial charge in [-0.25, -0.2) is 0 Å². The molecule has 3 nitrogen and oxygen atoms in total. The predicted molar refractivity (Wildman–Crippen MR) is 78.0 cm³/mol. The van der Waals surface area contributed by atoms with Crippen molar-refractivity contribution in [2.45, 2.75) is 25.8 Å². The number of carbonyl (C=O) groups is 1. The smallest absolute Gasteiger partial charge is 0.256 e. The molecule has 0 aliphatic rings. The Bertz CT molecular complexity index is 536. The first kappa shape index (κ1) is 13.9. The molecule has 0 saturated carbocycles. The molecule has 0 aliphatic carbocycles. The lowest BCUT2D eigenvalue weighted by atomic mass is 10.0. The van der Waals surface area contributed by atoms with Gasteiger partial charge in [-0.15, -0.1) is 0 Å². The van der Waals surface area contributed by atoms with Crippen molar-refractivity contribution < 1.29 is 9.21 Å². The first-order valence-electron chi connectivity index (χ1n) is 6.31. The molecule has 2 rings (SSSR count). The second kappa shape index (κ2) is 6.57. The maximum absolute atomic E-state index is 12.2. The van der Waals surface area contributed by atoms with Gasteiger partial charge in [0.25, 0.3) is 5.91 Å². The monoisotopic (exact) mass is 321 g/mol. The predicted octanol–water partition coefficient (Wildman–Crippen LogP) is 4.31. The van der Waals surface area contributed by atoms with E-state index in [1.165, 1.54) is 6.26 Å². The number of rotatable bonds is 5. The van der Waals surface area contributed by atoms with Crippen molar-refractivity contribution in [2.24, 2.45) is 0 Å². The van der Waals surface area contributed by atoms with Gasteiger partial charge in [-0.05, 0) is 34.0 Å². The molecular weight excluding hydrogens is 306 g/mol. The molecule has 1 heterocycles. The SMILES string of the molecule is CCCC(NC(=O)c1ccoc1Br)c1ccccc1. The van der Waals surface area contributed by atoms with Crippen LogP contribution in [0.4, 0.5) is 0 Å². The van der Waals surface area contributed by atoms with Gasteiger partial charge in [-0.2, -0.15) is 0 Å². The van der Waals surface area contributed by atoms with Crippen molar-refractivity contribution in [1.82, 2.24) is 5.32 Å². The van der Waals surface area contributed by atoms with Gasteiger partial charge in [0.05, 0.1) is 17.9 Å². The summed E-state index contributed by atoms with van der Waals surface area (Å²) in [5.74, 6) is -0.122. The summed E-state index contributed by atoms with van der Waals surface area (Å²) >= 11 is 3.22. The molecule has 0 bridgehead atoms. The van der Waals surface area contributed by atoms with Crippen molar-refractivity contribution in [3.8, 4) is 0 Å². The highest BCUT2D eigenvalue weighted by Crippen LogP contribution is 2.21. The van der Waals surface area contributed by atoms with Crippen LogP contribution in [-0.2, 0) is 0 Å². The first-order chi connectivity index (χ1) is 9.22. The van der Waals surface area contributed by atoms with E-state index in [4.69, 9.17) is 4.42 Å². The van der Waals surface area contributed by atoms with Crippen LogP contribution in [0.5, 0.6) is 0 Å². The molecular formula is C15H16BrNO2. The van der Waals surface area contributed by atoms with E-state index >= 15 is 0 Å². The van der Waals surface area contributed by atoms with Crippen LogP contribution in [0.15, 0.2) is 51.7 Å². The van der Waals surface area contributed by atoms with E-state index in [0.29, 0.717) is 10.2 Å². The largest absolute Gasteiger partial charge is 0.457 e. The standard InChI is InChI=1S/C15H16BrNO2/c1-2-6-13(11-7-4-3-5-8-11)17-15(18)12-9-10-19-14(12)16/h3-5,7-10,13H,2,6H2,1H3,(H,17,18). The number of furan rings is 1. The molecule has 1 aromatic carbocycles. The lowest BCUT2D eigenvalue weighted by molar-refractivity contribution is 0.0932. The molecule has 0 aliphatic heterocycles. The zero-order chi connectivity index (χ0) is 13.7. The van der Waals surface area contributed by atoms with Gasteiger partial charge in [0.1, 0.15) is 0 Å². The van der Waals surface area contributed by atoms with Crippen LogP contribution < -0.4 is 5.32 Å². The second-order valence-electron chi connectivity index (χ2n) is 4.33. The number of halogens is 1. The molecule has 0 radical (unpaired) electrons. The fourth-order valence-electron chi connectivity index (χ4n) is 1.99. The maximum Gasteiger partial charge on any atom is 0.256 e. The van der Waals surface area contributed by atoms with E-state index in [-0.39, 0.29) is 11.9 Å². The third-order valence-corrected chi connectivity index (χ3v) is 3.56. The molecule has 1 atom stereocenters. The first-order valence-corrected chi connectivity index (χ1v) is 7.10. The Hall–Kier alpha value is -1.55. The van der Waals surface area contributed by atoms with Crippen LogP contribution in [0.25, 0.3) is 0 Å². The topological polar surface area (TPSA) is 42.2 Å². The minimum atomic E-state index is -0.122. The molecule has 100 valence electrons. The van der Waals surface area contributed by atoms with Crippen molar-refractivity contribution in [3.63, 3.8) is 0 Å². The molecule has 2 aromatic rings. The fraction of sp³-hybridized carbons (Fsp3) is 0.267. The summed E-state index contributed by atoms with van der Waals surface area (Å²) in [5.41, 5.74) is 1.65. The summed E-state index contributed by atoms with van der Waals surface area (Å²) in [6.07, 6.45) is 3.41. The van der Waals surface area contributed by atoms with Gasteiger partial charge in [0.15, 0.2) is 4.67 Å². The molecule has 1 amide bonds. The van der Waals surface area contributed by atoms with E-state index in [1.807, 2.05) is 30.3 Å². The van der Waals surface area contributed by atoms with Crippen LogP contribution in [-0.4, -0.2) is 5.91 Å². The highest BCUT2D eigenvalue weighted by molar-refractivity contribution is 9.10. The molecule has 0 spiro atoms. The lowest BCUT2D eigenvalue weighted by Crippen LogP contribution is -2.28. The molecule has 19 heavy (non-hydrogen) atoms. The quantitative estimate of drug-likeness (QED) is 0.891. The van der Waals surface area contributed by atoms with Crippen molar-refractivity contribution in [3.05, 3.63) is 58.5 Å². The zero-order valence-corrected chi connectivity index (χ0v) is 12.3. The molecule has 4 heteroatoms. The van der Waals surface area contributed by atoms with Crippen LogP contribution in [0.3, 0.4) is 0 Å². The molecule has 0 fully saturated rings. The van der Waals surface area contributed by atoms with Crippen molar-refractivity contribution in [2.75, 3.05) is 0 Å². The Labute approximate surface area is 121 Å². The highest BCUT2D eigenvalue weighted by Gasteiger charge is 2.18. The summed E-state index contributed by atoms with van der Waals surface area (Å²) < 4.78 is 5.55. The molecule has 0 saturated heterocycles. The minimum absolute atomic E-state index is 0.0282. The van der Waals surface area contributed by atoms with E-state index in [2.05, 4.69) is 28.2 Å². The van der Waals surface area contributed by atoms with Crippen molar-refractivity contribution in [1.29, 1.82) is 0 Å². The van der Waals surface area contributed by atoms with Gasteiger partial charge in [0.2, 0.25) is 0 Å². The Morgan fingerprint density at radius 3 is 2.63 bits per heavy atom. The minimum Gasteiger partial charge on any atom is -0.457 e. The maximum atomic E-state index is 12.2. The summed E-state index contributed by atoms with van der Waals surface area (Å²) in [7, 11) is 0. The van der Waals surface area contributed by atoms with Crippen LogP contribution in [0.1, 0.15) is 41.7 Å². The number of hydrogen-bond donors (Lipinski definition) is 1. The van der Waals surface area contributed by atoms with Crippen molar-refractivity contribution >= 4 is 21.8 Å². The zero-order valence-electron chi connectivity index (χ0n) is 10.7. The van der Waals surface area contributed by atoms with Crippen LogP contribution in [0.2, 0.25) is 0 Å². The number of amides is 1. The summed E-state index contributed by atoms with van der Waals surface area (Å²) in [5, 5.41) is 3.05. The summed E-state index contributed by atoms with van der Waals surface area (Å²) in [6, 6.07) is 11.7. The van der Waals surface area contributed by atoms with Gasteiger partial charge < -0.3 is 9.73 Å². The number of benzene rings is 1. The lowest BCUT2D eigenvalue weighted by Gasteiger charge is -2.18. The third kappa shape index (κ3) is 3.47. The van der Waals surface area contributed by atoms with Crippen LogP contribution in [0, 0.1) is 0 Å². The van der Waals surface area contributed by atoms with Crippen LogP contribution >= 0.6 is 15.9 Å². The van der Waals surface area contributed by atoms with Gasteiger partial charge >= 0.3 is 0 Å². The van der Waals surface area contributed by atoms with E-state index in [1.54, 1.807) is 6.07 Å². The number of hydrogen-bond acceptors (Lipinski definition) is 2. The summed E-state index contributed by atoms with van der Waals surface area (Å²) in [6.45, 7) is 2.11. The average Bonchev–Trinajstić information content (AvgIpc) is 2.85. The molecule has 1 aromatic heterocycles. The Balaban J connectivity index is 2.14. The second-order valence-corrected chi connectivity index (χ2v) is 5.05. The van der Waals surface area contributed by atoms with E-state index in [9.17, 15) is 4.79 Å². The van der Waals surface area contributed by atoms with E-state index in [0.717, 1.165) is 18.4 Å². The number of carbonyl (C=O) groups excluding carboxylic acids is 1. The highest BCUT2D eigenvalue weighted by atomic mass is 79.9. The van der Waals surface area contributed by atoms with Gasteiger partial charge in [-0.3, -0.25) is 4.79 Å². The molecule has 1 unspecified atom stereocenters. The van der Waals surface area contributed by atoms with E-state index < -0.39 is 0 Å². The molecule has 1 N–H and O–H groups in total. The Morgan fingerprint density at radius 2 is 2.05 bits per heavy atom. The number of nitrogens with one attached hydrogen (secondary N) is 1. The average molecular weight is 322 g/mol. The summed E-state index contributed by atoms with van der Waals surface area (Å²) in [4.78, 5) is 12.2. The third-order valence-electron chi connectivity index (χ3n) is 2.95. The Morgan fingerprint density at radius 1 is 1.32 bits per heavy atom. The van der Waals surface area contributed by atoms with Gasteiger partial charge in [-0.1, -0.05) is 43.7 Å².